The Hall–Kier alpha value is -3.52. The van der Waals surface area contributed by atoms with Gasteiger partial charge in [0.25, 0.3) is 11.6 Å². The minimum atomic E-state index is -0.523. The largest absolute Gasteiger partial charge is 0.488 e. The van der Waals surface area contributed by atoms with E-state index in [0.29, 0.717) is 12.4 Å². The fourth-order valence-electron chi connectivity index (χ4n) is 2.41. The fraction of sp³-hybridized carbons (Fsp3) is 0.0476. The Morgan fingerprint density at radius 1 is 1.10 bits per heavy atom. The number of hydrogen-bond acceptors (Lipinski definition) is 5. The van der Waals surface area contributed by atoms with E-state index in [2.05, 4.69) is 26.5 Å². The molecule has 0 heterocycles. The molecule has 0 aliphatic rings. The first-order valence-electron chi connectivity index (χ1n) is 8.57. The van der Waals surface area contributed by atoms with E-state index in [1.165, 1.54) is 30.5 Å². The number of nitrogens with zero attached hydrogens (tertiary/aromatic N) is 2. The molecule has 0 aliphatic carbocycles. The summed E-state index contributed by atoms with van der Waals surface area (Å²) >= 11 is 3.47. The van der Waals surface area contributed by atoms with Crippen LogP contribution in [0.2, 0.25) is 0 Å². The Labute approximate surface area is 175 Å². The number of nitrogens with one attached hydrogen (secondary N) is 1. The highest BCUT2D eigenvalue weighted by atomic mass is 79.9. The summed E-state index contributed by atoms with van der Waals surface area (Å²) in [7, 11) is 0. The normalized spacial score (nSPS) is 10.7. The quantitative estimate of drug-likeness (QED) is 0.318. The van der Waals surface area contributed by atoms with Crippen molar-refractivity contribution in [3.63, 3.8) is 0 Å². The van der Waals surface area contributed by atoms with E-state index in [-0.39, 0.29) is 11.3 Å². The van der Waals surface area contributed by atoms with Gasteiger partial charge in [-0.1, -0.05) is 30.3 Å². The molecule has 0 fully saturated rings. The van der Waals surface area contributed by atoms with Gasteiger partial charge in [-0.15, -0.1) is 0 Å². The lowest BCUT2D eigenvalue weighted by Gasteiger charge is -2.08. The molecular weight excluding hydrogens is 438 g/mol. The summed E-state index contributed by atoms with van der Waals surface area (Å²) in [5, 5.41) is 14.6. The van der Waals surface area contributed by atoms with Crippen LogP contribution in [0.3, 0.4) is 0 Å². The van der Waals surface area contributed by atoms with Gasteiger partial charge in [-0.2, -0.15) is 5.10 Å². The highest BCUT2D eigenvalue weighted by Gasteiger charge is 2.08. The Balaban J connectivity index is 1.57. The number of benzene rings is 3. The Kier molecular flexibility index (Phi) is 6.70. The standard InChI is InChI=1S/C21H16BrN3O4/c22-19-12-16(6-11-20(19)29-14-15-4-2-1-3-5-15)13-23-24-21(26)17-7-9-18(10-8-17)25(27)28/h1-13H,14H2,(H,24,26). The van der Waals surface area contributed by atoms with E-state index in [1.807, 2.05) is 48.5 Å². The predicted octanol–water partition coefficient (Wildman–Crippen LogP) is 4.70. The number of ether oxygens (including phenoxy) is 1. The molecule has 0 atom stereocenters. The third-order valence-electron chi connectivity index (χ3n) is 3.91. The molecule has 1 N–H and O–H groups in total. The van der Waals surface area contributed by atoms with Crippen molar-refractivity contribution >= 4 is 33.7 Å². The molecule has 0 saturated heterocycles. The van der Waals surface area contributed by atoms with Gasteiger partial charge in [0.15, 0.2) is 0 Å². The number of nitro groups is 1. The molecule has 29 heavy (non-hydrogen) atoms. The lowest BCUT2D eigenvalue weighted by molar-refractivity contribution is -0.384. The van der Waals surface area contributed by atoms with Gasteiger partial charge in [0.05, 0.1) is 15.6 Å². The molecule has 0 radical (unpaired) electrons. The summed E-state index contributed by atoms with van der Waals surface area (Å²) < 4.78 is 6.56. The lowest BCUT2D eigenvalue weighted by Crippen LogP contribution is -2.17. The van der Waals surface area contributed by atoms with Crippen LogP contribution in [0.15, 0.2) is 82.4 Å². The molecule has 3 aromatic rings. The first kappa shape index (κ1) is 20.2. The van der Waals surface area contributed by atoms with Crippen molar-refractivity contribution < 1.29 is 14.5 Å². The molecule has 0 unspecified atom stereocenters. The van der Waals surface area contributed by atoms with Crippen molar-refractivity contribution in [3.8, 4) is 5.75 Å². The maximum Gasteiger partial charge on any atom is 0.271 e. The first-order valence-corrected chi connectivity index (χ1v) is 9.36. The highest BCUT2D eigenvalue weighted by Crippen LogP contribution is 2.26. The van der Waals surface area contributed by atoms with Gasteiger partial charge in [-0.3, -0.25) is 14.9 Å². The zero-order valence-corrected chi connectivity index (χ0v) is 16.7. The molecule has 1 amide bonds. The summed E-state index contributed by atoms with van der Waals surface area (Å²) in [6.45, 7) is 0.457. The Morgan fingerprint density at radius 2 is 1.83 bits per heavy atom. The van der Waals surface area contributed by atoms with E-state index in [9.17, 15) is 14.9 Å². The van der Waals surface area contributed by atoms with Crippen molar-refractivity contribution in [2.24, 2.45) is 5.10 Å². The van der Waals surface area contributed by atoms with E-state index in [1.54, 1.807) is 0 Å². The zero-order valence-electron chi connectivity index (χ0n) is 15.1. The second kappa shape index (κ2) is 9.61. The average Bonchev–Trinajstić information content (AvgIpc) is 2.74. The van der Waals surface area contributed by atoms with Gasteiger partial charge in [-0.25, -0.2) is 5.43 Å². The van der Waals surface area contributed by atoms with Crippen LogP contribution in [-0.2, 0) is 6.61 Å². The van der Waals surface area contributed by atoms with Gasteiger partial charge in [0.2, 0.25) is 0 Å². The Morgan fingerprint density at radius 3 is 2.48 bits per heavy atom. The van der Waals surface area contributed by atoms with Gasteiger partial charge in [0.1, 0.15) is 12.4 Å². The van der Waals surface area contributed by atoms with Crippen LogP contribution in [0.1, 0.15) is 21.5 Å². The molecule has 146 valence electrons. The summed E-state index contributed by atoms with van der Waals surface area (Å²) in [6, 6.07) is 20.6. The second-order valence-corrected chi connectivity index (χ2v) is 6.82. The van der Waals surface area contributed by atoms with E-state index >= 15 is 0 Å². The van der Waals surface area contributed by atoms with E-state index in [4.69, 9.17) is 4.74 Å². The molecule has 0 saturated carbocycles. The number of nitro benzene ring substituents is 1. The predicted molar refractivity (Wildman–Crippen MR) is 113 cm³/mol. The number of carbonyl (C=O) groups is 1. The van der Waals surface area contributed by atoms with Gasteiger partial charge in [-0.05, 0) is 57.4 Å². The zero-order chi connectivity index (χ0) is 20.6. The molecular formula is C21H16BrN3O4. The minimum absolute atomic E-state index is 0.0792. The van der Waals surface area contributed by atoms with Crippen molar-refractivity contribution in [3.05, 3.63) is 104 Å². The number of hydrazone groups is 1. The van der Waals surface area contributed by atoms with Crippen molar-refractivity contribution in [1.29, 1.82) is 0 Å². The monoisotopic (exact) mass is 453 g/mol. The molecule has 0 bridgehead atoms. The number of hydrogen-bond donors (Lipinski definition) is 1. The summed E-state index contributed by atoms with van der Waals surface area (Å²) in [6.07, 6.45) is 1.50. The smallest absolute Gasteiger partial charge is 0.271 e. The average molecular weight is 454 g/mol. The number of carbonyl (C=O) groups excluding carboxylic acids is 1. The van der Waals surface area contributed by atoms with Crippen LogP contribution < -0.4 is 10.2 Å². The van der Waals surface area contributed by atoms with Crippen LogP contribution in [0, 0.1) is 10.1 Å². The molecule has 3 rings (SSSR count). The van der Waals surface area contributed by atoms with Gasteiger partial charge >= 0.3 is 0 Å². The summed E-state index contributed by atoms with van der Waals surface area (Å²) in [5.74, 6) is 0.235. The van der Waals surface area contributed by atoms with Crippen LogP contribution in [0.5, 0.6) is 5.75 Å². The van der Waals surface area contributed by atoms with Crippen molar-refractivity contribution in [2.45, 2.75) is 6.61 Å². The number of halogens is 1. The molecule has 0 spiro atoms. The van der Waals surface area contributed by atoms with Crippen LogP contribution in [0.4, 0.5) is 5.69 Å². The number of non-ortho nitro benzene ring substituents is 1. The highest BCUT2D eigenvalue weighted by molar-refractivity contribution is 9.10. The first-order chi connectivity index (χ1) is 14.0. The topological polar surface area (TPSA) is 93.8 Å². The summed E-state index contributed by atoms with van der Waals surface area (Å²) in [4.78, 5) is 22.2. The molecule has 8 heteroatoms. The third-order valence-corrected chi connectivity index (χ3v) is 4.53. The lowest BCUT2D eigenvalue weighted by atomic mass is 10.2. The maximum absolute atomic E-state index is 12.0. The van der Waals surface area contributed by atoms with Gasteiger partial charge in [0, 0.05) is 17.7 Å². The third kappa shape index (κ3) is 5.73. The number of rotatable bonds is 7. The van der Waals surface area contributed by atoms with Gasteiger partial charge < -0.3 is 4.74 Å². The molecule has 0 aromatic heterocycles. The van der Waals surface area contributed by atoms with Crippen LogP contribution in [-0.4, -0.2) is 17.0 Å². The Bertz CT molecular complexity index is 1040. The second-order valence-electron chi connectivity index (χ2n) is 5.97. The summed E-state index contributed by atoms with van der Waals surface area (Å²) in [5.41, 5.74) is 4.41. The van der Waals surface area contributed by atoms with Crippen molar-refractivity contribution in [1.82, 2.24) is 5.43 Å². The molecule has 3 aromatic carbocycles. The minimum Gasteiger partial charge on any atom is -0.488 e. The maximum atomic E-state index is 12.0. The van der Waals surface area contributed by atoms with Crippen LogP contribution >= 0.6 is 15.9 Å². The molecule has 0 aliphatic heterocycles. The van der Waals surface area contributed by atoms with Crippen molar-refractivity contribution in [2.75, 3.05) is 0 Å². The number of amides is 1. The van der Waals surface area contributed by atoms with Crippen LogP contribution in [0.25, 0.3) is 0 Å². The van der Waals surface area contributed by atoms with E-state index < -0.39 is 10.8 Å². The fourth-order valence-corrected chi connectivity index (χ4v) is 2.93. The SMILES string of the molecule is O=C(NN=Cc1ccc(OCc2ccccc2)c(Br)c1)c1ccc([N+](=O)[O-])cc1. The van der Waals surface area contributed by atoms with E-state index in [0.717, 1.165) is 15.6 Å². The molecule has 7 nitrogen and oxygen atoms in total.